The molecule has 0 aliphatic carbocycles. The average molecular weight is 286 g/mol. The molecule has 0 spiro atoms. The van der Waals surface area contributed by atoms with Crippen LogP contribution in [0.15, 0.2) is 12.1 Å². The van der Waals surface area contributed by atoms with Crippen LogP contribution in [0.4, 0.5) is 4.39 Å². The van der Waals surface area contributed by atoms with E-state index in [1.807, 2.05) is 0 Å². The minimum Gasteiger partial charge on any atom is -0.293 e. The maximum Gasteiger partial charge on any atom is 0.176 e. The largest absolute Gasteiger partial charge is 0.293 e. The van der Waals surface area contributed by atoms with Crippen molar-refractivity contribution in [2.75, 3.05) is 5.33 Å². The number of carbonyl (C=O) groups is 1. The van der Waals surface area contributed by atoms with Gasteiger partial charge in [-0.15, -0.1) is 0 Å². The molecule has 0 aliphatic rings. The van der Waals surface area contributed by atoms with Crippen LogP contribution in [0.2, 0.25) is 10.0 Å². The van der Waals surface area contributed by atoms with E-state index in [0.717, 1.165) is 6.07 Å². The summed E-state index contributed by atoms with van der Waals surface area (Å²) in [6.45, 7) is 0. The molecule has 70 valence electrons. The number of alkyl halides is 1. The van der Waals surface area contributed by atoms with E-state index < -0.39 is 5.82 Å². The van der Waals surface area contributed by atoms with Crippen LogP contribution in [-0.2, 0) is 0 Å². The van der Waals surface area contributed by atoms with Crippen molar-refractivity contribution < 1.29 is 9.18 Å². The van der Waals surface area contributed by atoms with Crippen molar-refractivity contribution in [2.24, 2.45) is 0 Å². The van der Waals surface area contributed by atoms with Crippen molar-refractivity contribution >= 4 is 44.9 Å². The maximum atomic E-state index is 12.9. The zero-order chi connectivity index (χ0) is 10.0. The molecule has 1 aromatic rings. The average Bonchev–Trinajstić information content (AvgIpc) is 2.12. The highest BCUT2D eigenvalue weighted by Gasteiger charge is 2.16. The minimum atomic E-state index is -0.643. The lowest BCUT2D eigenvalue weighted by Gasteiger charge is -2.04. The Morgan fingerprint density at radius 2 is 2.08 bits per heavy atom. The molecule has 0 amide bonds. The van der Waals surface area contributed by atoms with E-state index in [-0.39, 0.29) is 26.7 Å². The van der Waals surface area contributed by atoms with Gasteiger partial charge in [0.25, 0.3) is 0 Å². The Morgan fingerprint density at radius 1 is 1.46 bits per heavy atom. The summed E-state index contributed by atoms with van der Waals surface area (Å²) in [4.78, 5) is 11.2. The summed E-state index contributed by atoms with van der Waals surface area (Å²) < 4.78 is 12.9. The van der Waals surface area contributed by atoms with Gasteiger partial charge >= 0.3 is 0 Å². The highest BCUT2D eigenvalue weighted by atomic mass is 79.9. The number of carbonyl (C=O) groups excluding carboxylic acids is 1. The Balaban J connectivity index is 3.33. The van der Waals surface area contributed by atoms with E-state index in [2.05, 4.69) is 15.9 Å². The molecule has 0 unspecified atom stereocenters. The van der Waals surface area contributed by atoms with Gasteiger partial charge in [0.2, 0.25) is 0 Å². The van der Waals surface area contributed by atoms with Gasteiger partial charge in [-0.2, -0.15) is 0 Å². The molecular weight excluding hydrogens is 282 g/mol. The fourth-order valence-electron chi connectivity index (χ4n) is 0.849. The van der Waals surface area contributed by atoms with E-state index in [1.54, 1.807) is 0 Å². The summed E-state index contributed by atoms with van der Waals surface area (Å²) in [6.07, 6.45) is 0. The maximum absolute atomic E-state index is 12.9. The Bertz CT molecular complexity index is 354. The van der Waals surface area contributed by atoms with Crippen molar-refractivity contribution in [1.82, 2.24) is 0 Å². The van der Waals surface area contributed by atoms with Crippen LogP contribution in [0.25, 0.3) is 0 Å². The third-order valence-electron chi connectivity index (χ3n) is 1.44. The van der Waals surface area contributed by atoms with Gasteiger partial charge in [0.15, 0.2) is 5.78 Å². The van der Waals surface area contributed by atoms with Gasteiger partial charge in [0, 0.05) is 0 Å². The number of hydrogen-bond acceptors (Lipinski definition) is 1. The number of benzene rings is 1. The quantitative estimate of drug-likeness (QED) is 0.460. The predicted octanol–water partition coefficient (Wildman–Crippen LogP) is 3.71. The van der Waals surface area contributed by atoms with Gasteiger partial charge in [-0.25, -0.2) is 4.39 Å². The molecule has 1 nitrogen and oxygen atoms in total. The third kappa shape index (κ3) is 2.22. The number of Topliss-reactive ketones (excluding diaryl/α,β-unsaturated/α-hetero) is 1. The normalized spacial score (nSPS) is 10.2. The van der Waals surface area contributed by atoms with Gasteiger partial charge in [0.05, 0.1) is 20.9 Å². The smallest absolute Gasteiger partial charge is 0.176 e. The Labute approximate surface area is 93.0 Å². The predicted molar refractivity (Wildman–Crippen MR) is 54.5 cm³/mol. The molecule has 0 radical (unpaired) electrons. The topological polar surface area (TPSA) is 17.1 Å². The molecule has 0 N–H and O–H groups in total. The van der Waals surface area contributed by atoms with E-state index >= 15 is 0 Å². The molecule has 0 saturated heterocycles. The molecule has 1 rings (SSSR count). The van der Waals surface area contributed by atoms with E-state index in [1.165, 1.54) is 6.07 Å². The summed E-state index contributed by atoms with van der Waals surface area (Å²) >= 11 is 14.2. The summed E-state index contributed by atoms with van der Waals surface area (Å²) in [7, 11) is 0. The van der Waals surface area contributed by atoms with Crippen LogP contribution >= 0.6 is 39.1 Å². The van der Waals surface area contributed by atoms with E-state index in [0.29, 0.717) is 0 Å². The molecule has 0 saturated carbocycles. The van der Waals surface area contributed by atoms with Crippen LogP contribution in [0.1, 0.15) is 10.4 Å². The second-order valence-electron chi connectivity index (χ2n) is 2.27. The van der Waals surface area contributed by atoms with Crippen LogP contribution in [0.5, 0.6) is 0 Å². The SMILES string of the molecule is O=C(CBr)c1c(Cl)ccc(F)c1Cl. The summed E-state index contributed by atoms with van der Waals surface area (Å²) in [5.41, 5.74) is 0.0280. The van der Waals surface area contributed by atoms with Gasteiger partial charge in [-0.05, 0) is 12.1 Å². The standard InChI is InChI=1S/C8H4BrCl2FO/c9-3-6(13)7-4(10)1-2-5(12)8(7)11/h1-2H,3H2. The fourth-order valence-corrected chi connectivity index (χ4v) is 1.71. The molecule has 0 bridgehead atoms. The molecule has 0 heterocycles. The van der Waals surface area contributed by atoms with Crippen molar-refractivity contribution in [2.45, 2.75) is 0 Å². The number of ketones is 1. The first-order chi connectivity index (χ1) is 6.07. The molecule has 0 aliphatic heterocycles. The number of halogens is 4. The van der Waals surface area contributed by atoms with Gasteiger partial charge in [-0.3, -0.25) is 4.79 Å². The lowest BCUT2D eigenvalue weighted by atomic mass is 10.1. The molecule has 1 aromatic carbocycles. The molecule has 5 heteroatoms. The zero-order valence-corrected chi connectivity index (χ0v) is 9.38. The first-order valence-corrected chi connectivity index (χ1v) is 5.18. The van der Waals surface area contributed by atoms with E-state index in [4.69, 9.17) is 23.2 Å². The lowest BCUT2D eigenvalue weighted by molar-refractivity contribution is 0.102. The monoisotopic (exact) mass is 284 g/mol. The summed E-state index contributed by atoms with van der Waals surface area (Å²) in [6, 6.07) is 2.42. The Kier molecular flexibility index (Phi) is 3.71. The molecule has 0 aromatic heterocycles. The highest BCUT2D eigenvalue weighted by Crippen LogP contribution is 2.27. The second kappa shape index (κ2) is 4.40. The van der Waals surface area contributed by atoms with Crippen LogP contribution in [-0.4, -0.2) is 11.1 Å². The van der Waals surface area contributed by atoms with Gasteiger partial charge < -0.3 is 0 Å². The molecule has 0 atom stereocenters. The van der Waals surface area contributed by atoms with Crippen molar-refractivity contribution in [3.63, 3.8) is 0 Å². The van der Waals surface area contributed by atoms with Crippen LogP contribution in [0, 0.1) is 5.82 Å². The third-order valence-corrected chi connectivity index (χ3v) is 2.64. The van der Waals surface area contributed by atoms with Crippen molar-refractivity contribution in [3.05, 3.63) is 33.6 Å². The Morgan fingerprint density at radius 3 is 2.62 bits per heavy atom. The fraction of sp³-hybridized carbons (Fsp3) is 0.125. The van der Waals surface area contributed by atoms with Crippen LogP contribution < -0.4 is 0 Å². The van der Waals surface area contributed by atoms with Gasteiger partial charge in [-0.1, -0.05) is 39.1 Å². The molecule has 0 fully saturated rings. The van der Waals surface area contributed by atoms with Crippen LogP contribution in [0.3, 0.4) is 0 Å². The zero-order valence-electron chi connectivity index (χ0n) is 6.28. The molecular formula is C8H4BrCl2FO. The van der Waals surface area contributed by atoms with Gasteiger partial charge in [0.1, 0.15) is 5.82 Å². The highest BCUT2D eigenvalue weighted by molar-refractivity contribution is 9.09. The first kappa shape index (κ1) is 11.0. The number of rotatable bonds is 2. The van der Waals surface area contributed by atoms with Crippen molar-refractivity contribution in [3.8, 4) is 0 Å². The lowest BCUT2D eigenvalue weighted by Crippen LogP contribution is -2.03. The summed E-state index contributed by atoms with van der Waals surface area (Å²) in [5.74, 6) is -0.982. The molecule has 13 heavy (non-hydrogen) atoms. The Hall–Kier alpha value is -0.120. The number of hydrogen-bond donors (Lipinski definition) is 0. The second-order valence-corrected chi connectivity index (χ2v) is 3.62. The van der Waals surface area contributed by atoms with Crippen molar-refractivity contribution in [1.29, 1.82) is 0 Å². The summed E-state index contributed by atoms with van der Waals surface area (Å²) in [5, 5.41) is 0.00315. The van der Waals surface area contributed by atoms with E-state index in [9.17, 15) is 9.18 Å². The minimum absolute atomic E-state index is 0.0280. The first-order valence-electron chi connectivity index (χ1n) is 3.30.